The number of amides is 1. The van der Waals surface area contributed by atoms with Gasteiger partial charge in [-0.05, 0) is 18.6 Å². The average Bonchev–Trinajstić information content (AvgIpc) is 2.84. The highest BCUT2D eigenvalue weighted by Gasteiger charge is 2.53. The number of rotatable bonds is 2. The van der Waals surface area contributed by atoms with Gasteiger partial charge in [-0.15, -0.1) is 11.6 Å². The van der Waals surface area contributed by atoms with Crippen molar-refractivity contribution in [2.24, 2.45) is 0 Å². The van der Waals surface area contributed by atoms with E-state index >= 15 is 4.39 Å². The second kappa shape index (κ2) is 6.12. The number of carbonyl (C=O) groups is 2. The van der Waals surface area contributed by atoms with E-state index in [4.69, 9.17) is 11.6 Å². The summed E-state index contributed by atoms with van der Waals surface area (Å²) in [5, 5.41) is 1.43. The van der Waals surface area contributed by atoms with E-state index in [-0.39, 0.29) is 28.8 Å². The van der Waals surface area contributed by atoms with Gasteiger partial charge in [0.1, 0.15) is 0 Å². The Balaban J connectivity index is 2.15. The van der Waals surface area contributed by atoms with Crippen LogP contribution < -0.4 is 5.32 Å². The molecule has 0 fully saturated rings. The Kier molecular flexibility index (Phi) is 4.34. The second-order valence-electron chi connectivity index (χ2n) is 5.81. The first-order valence-corrected chi connectivity index (χ1v) is 7.90. The fourth-order valence-corrected chi connectivity index (χ4v) is 3.22. The molecule has 0 spiro atoms. The molecule has 1 aromatic carbocycles. The minimum Gasteiger partial charge on any atom is -0.465 e. The summed E-state index contributed by atoms with van der Waals surface area (Å²) in [6.45, 7) is 0. The first-order chi connectivity index (χ1) is 12.1. The Hall–Kier alpha value is -2.35. The Morgan fingerprint density at radius 2 is 2.08 bits per heavy atom. The first-order valence-electron chi connectivity index (χ1n) is 7.46. The van der Waals surface area contributed by atoms with Crippen molar-refractivity contribution >= 4 is 29.2 Å². The summed E-state index contributed by atoms with van der Waals surface area (Å²) >= 11 is 6.00. The number of halogens is 5. The third kappa shape index (κ3) is 2.78. The van der Waals surface area contributed by atoms with Crippen molar-refractivity contribution in [2.45, 2.75) is 23.6 Å². The molecule has 26 heavy (non-hydrogen) atoms. The summed E-state index contributed by atoms with van der Waals surface area (Å²) in [6, 6.07) is 2.21. The summed E-state index contributed by atoms with van der Waals surface area (Å²) in [6.07, 6.45) is -1.88. The molecule has 1 amide bonds. The van der Waals surface area contributed by atoms with Gasteiger partial charge in [0.25, 0.3) is 5.91 Å². The zero-order chi connectivity index (χ0) is 19.3. The van der Waals surface area contributed by atoms with Gasteiger partial charge in [0.05, 0.1) is 23.6 Å². The number of nitrogens with one attached hydrogen (secondary N) is 1. The second-order valence-corrected chi connectivity index (χ2v) is 6.37. The normalized spacial score (nSPS) is 25.2. The highest BCUT2D eigenvalue weighted by Crippen LogP contribution is 2.49. The average molecular weight is 390 g/mol. The lowest BCUT2D eigenvalue weighted by Gasteiger charge is -2.26. The van der Waals surface area contributed by atoms with Crippen LogP contribution in [0.15, 0.2) is 41.5 Å². The summed E-state index contributed by atoms with van der Waals surface area (Å²) in [5.74, 6) is -2.07. The van der Waals surface area contributed by atoms with E-state index < -0.39 is 34.7 Å². The molecule has 0 aromatic heterocycles. The van der Waals surface area contributed by atoms with Crippen molar-refractivity contribution in [2.75, 3.05) is 12.4 Å². The third-order valence-electron chi connectivity index (χ3n) is 4.24. The van der Waals surface area contributed by atoms with Crippen molar-refractivity contribution in [3.63, 3.8) is 0 Å². The van der Waals surface area contributed by atoms with E-state index in [1.807, 2.05) is 0 Å². The molecule has 2 aliphatic rings. The topological polar surface area (TPSA) is 55.4 Å². The number of allylic oxidation sites excluding steroid dienone is 2. The monoisotopic (exact) mass is 389 g/mol. The maximum absolute atomic E-state index is 15.9. The van der Waals surface area contributed by atoms with Gasteiger partial charge in [-0.3, -0.25) is 4.79 Å². The SMILES string of the molecule is COC(=O)C1=CCC(Cl)C=C1C1(F)C(=O)Nc2cc(C(F)(F)F)ccc21. The summed E-state index contributed by atoms with van der Waals surface area (Å²) in [4.78, 5) is 24.3. The van der Waals surface area contributed by atoms with Crippen molar-refractivity contribution < 1.29 is 31.9 Å². The molecule has 0 saturated carbocycles. The number of esters is 1. The van der Waals surface area contributed by atoms with Crippen molar-refractivity contribution in [3.8, 4) is 0 Å². The van der Waals surface area contributed by atoms with Gasteiger partial charge in [-0.25, -0.2) is 9.18 Å². The first kappa shape index (κ1) is 18.4. The molecule has 9 heteroatoms. The number of ether oxygens (including phenoxy) is 1. The Morgan fingerprint density at radius 1 is 1.38 bits per heavy atom. The van der Waals surface area contributed by atoms with Crippen LogP contribution in [0.4, 0.5) is 23.2 Å². The lowest BCUT2D eigenvalue weighted by molar-refractivity contribution is -0.138. The molecule has 0 saturated heterocycles. The smallest absolute Gasteiger partial charge is 0.416 e. The highest BCUT2D eigenvalue weighted by atomic mass is 35.5. The van der Waals surface area contributed by atoms with E-state index in [1.165, 1.54) is 12.2 Å². The van der Waals surface area contributed by atoms with Crippen molar-refractivity contribution in [1.82, 2.24) is 0 Å². The van der Waals surface area contributed by atoms with Crippen LogP contribution in [-0.4, -0.2) is 24.4 Å². The molecular formula is C17H12ClF4NO3. The van der Waals surface area contributed by atoms with Gasteiger partial charge in [-0.2, -0.15) is 13.2 Å². The maximum atomic E-state index is 15.9. The van der Waals surface area contributed by atoms with Gasteiger partial charge < -0.3 is 10.1 Å². The fourth-order valence-electron chi connectivity index (χ4n) is 3.01. The number of anilines is 1. The Labute approximate surface area is 150 Å². The maximum Gasteiger partial charge on any atom is 0.416 e. The van der Waals surface area contributed by atoms with Crippen molar-refractivity contribution in [3.05, 3.63) is 52.6 Å². The molecule has 2 atom stereocenters. The predicted molar refractivity (Wildman–Crippen MR) is 85.3 cm³/mol. The Bertz CT molecular complexity index is 862. The van der Waals surface area contributed by atoms with E-state index in [0.717, 1.165) is 13.2 Å². The molecule has 4 nitrogen and oxygen atoms in total. The number of hydrogen-bond donors (Lipinski definition) is 1. The number of alkyl halides is 5. The largest absolute Gasteiger partial charge is 0.465 e. The number of hydrogen-bond acceptors (Lipinski definition) is 3. The van der Waals surface area contributed by atoms with Crippen LogP contribution in [0.1, 0.15) is 17.5 Å². The molecular weight excluding hydrogens is 378 g/mol. The van der Waals surface area contributed by atoms with E-state index in [9.17, 15) is 22.8 Å². The van der Waals surface area contributed by atoms with Gasteiger partial charge in [-0.1, -0.05) is 18.2 Å². The zero-order valence-corrected chi connectivity index (χ0v) is 14.0. The van der Waals surface area contributed by atoms with Crippen LogP contribution in [0, 0.1) is 0 Å². The van der Waals surface area contributed by atoms with Gasteiger partial charge >= 0.3 is 12.1 Å². The van der Waals surface area contributed by atoms with E-state index in [1.54, 1.807) is 0 Å². The highest BCUT2D eigenvalue weighted by molar-refractivity contribution is 6.22. The number of fused-ring (bicyclic) bond motifs is 1. The number of methoxy groups -OCH3 is 1. The molecule has 0 radical (unpaired) electrons. The summed E-state index contributed by atoms with van der Waals surface area (Å²) in [5.41, 5.74) is -5.04. The van der Waals surface area contributed by atoms with Gasteiger partial charge in [0.2, 0.25) is 5.67 Å². The quantitative estimate of drug-likeness (QED) is 0.475. The van der Waals surface area contributed by atoms with E-state index in [0.29, 0.717) is 12.1 Å². The van der Waals surface area contributed by atoms with Crippen LogP contribution in [0.5, 0.6) is 0 Å². The zero-order valence-electron chi connectivity index (χ0n) is 13.3. The standard InChI is InChI=1S/C17H12ClF4NO3/c1-26-14(24)10-4-3-9(18)7-12(10)16(19)11-5-2-8(17(20,21)22)6-13(11)23-15(16)25/h2,4-7,9H,3H2,1H3,(H,23,25). The lowest BCUT2D eigenvalue weighted by atomic mass is 9.81. The molecule has 1 aliphatic heterocycles. The minimum atomic E-state index is -4.65. The molecule has 1 aromatic rings. The van der Waals surface area contributed by atoms with Crippen LogP contribution in [-0.2, 0) is 26.2 Å². The van der Waals surface area contributed by atoms with Crippen LogP contribution in [0.25, 0.3) is 0 Å². The molecule has 1 heterocycles. The molecule has 2 unspecified atom stereocenters. The predicted octanol–water partition coefficient (Wildman–Crippen LogP) is 3.86. The molecule has 3 rings (SSSR count). The molecule has 1 aliphatic carbocycles. The Morgan fingerprint density at radius 3 is 2.69 bits per heavy atom. The molecule has 138 valence electrons. The van der Waals surface area contributed by atoms with Gasteiger partial charge in [0.15, 0.2) is 0 Å². The molecule has 0 bridgehead atoms. The van der Waals surface area contributed by atoms with Crippen molar-refractivity contribution in [1.29, 1.82) is 0 Å². The minimum absolute atomic E-state index is 0.185. The molecule has 1 N–H and O–H groups in total. The van der Waals surface area contributed by atoms with Crippen LogP contribution >= 0.6 is 11.6 Å². The summed E-state index contributed by atoms with van der Waals surface area (Å²) in [7, 11) is 1.09. The van der Waals surface area contributed by atoms with Crippen LogP contribution in [0.2, 0.25) is 0 Å². The number of carbonyl (C=O) groups excluding carboxylic acids is 2. The van der Waals surface area contributed by atoms with E-state index in [2.05, 4.69) is 10.1 Å². The summed E-state index contributed by atoms with van der Waals surface area (Å²) < 4.78 is 59.1. The lowest BCUT2D eigenvalue weighted by Crippen LogP contribution is -2.35. The fraction of sp³-hybridized carbons (Fsp3) is 0.294. The van der Waals surface area contributed by atoms with Gasteiger partial charge in [0, 0.05) is 16.8 Å². The number of benzene rings is 1. The van der Waals surface area contributed by atoms with Crippen LogP contribution in [0.3, 0.4) is 0 Å². The third-order valence-corrected chi connectivity index (χ3v) is 4.54.